The van der Waals surface area contributed by atoms with E-state index in [0.717, 1.165) is 18.1 Å². The monoisotopic (exact) mass is 336 g/mol. The van der Waals surface area contributed by atoms with Crippen molar-refractivity contribution in [2.45, 2.75) is 18.2 Å². The van der Waals surface area contributed by atoms with Crippen LogP contribution in [0.5, 0.6) is 0 Å². The van der Waals surface area contributed by atoms with Crippen LogP contribution in [0.25, 0.3) is 0 Å². The van der Waals surface area contributed by atoms with Crippen LogP contribution in [0, 0.1) is 5.82 Å². The summed E-state index contributed by atoms with van der Waals surface area (Å²) in [6.45, 7) is 1.53. The van der Waals surface area contributed by atoms with E-state index in [-0.39, 0.29) is 10.6 Å². The molecule has 2 aromatic carbocycles. The number of carbonyl (C=O) groups excluding carboxylic acids is 1. The molecular formula is C16H17FN2O3S. The molecule has 0 aliphatic carbocycles. The fraction of sp³-hybridized carbons (Fsp3) is 0.188. The average molecular weight is 336 g/mol. The summed E-state index contributed by atoms with van der Waals surface area (Å²) in [7, 11) is -3.77. The van der Waals surface area contributed by atoms with E-state index < -0.39 is 28.3 Å². The van der Waals surface area contributed by atoms with E-state index in [9.17, 15) is 17.6 Å². The Morgan fingerprint density at radius 1 is 1.13 bits per heavy atom. The van der Waals surface area contributed by atoms with Crippen molar-refractivity contribution < 1.29 is 17.6 Å². The molecule has 0 bridgehead atoms. The molecule has 122 valence electrons. The van der Waals surface area contributed by atoms with E-state index in [0.29, 0.717) is 0 Å². The largest absolute Gasteiger partial charge is 0.325 e. The first-order valence-electron chi connectivity index (χ1n) is 7.05. The second-order valence-electron chi connectivity index (χ2n) is 4.88. The standard InChI is InChI=1S/C16H17FN2O3S/c1-2-12-6-8-15(9-7-12)23(21,22)18-11-16(20)19-14-5-3-4-13(17)10-14/h3-10,18H,2,11H2,1H3,(H,19,20). The summed E-state index contributed by atoms with van der Waals surface area (Å²) in [5.74, 6) is -1.07. The van der Waals surface area contributed by atoms with Gasteiger partial charge in [-0.25, -0.2) is 17.5 Å². The SMILES string of the molecule is CCc1ccc(S(=O)(=O)NCC(=O)Nc2cccc(F)c2)cc1. The molecule has 0 radical (unpaired) electrons. The molecule has 0 atom stereocenters. The van der Waals surface area contributed by atoms with E-state index >= 15 is 0 Å². The van der Waals surface area contributed by atoms with Gasteiger partial charge >= 0.3 is 0 Å². The van der Waals surface area contributed by atoms with Crippen molar-refractivity contribution in [1.29, 1.82) is 0 Å². The zero-order chi connectivity index (χ0) is 16.9. The molecule has 1 amide bonds. The molecule has 0 spiro atoms. The Morgan fingerprint density at radius 3 is 2.43 bits per heavy atom. The number of benzene rings is 2. The molecule has 0 saturated carbocycles. The lowest BCUT2D eigenvalue weighted by molar-refractivity contribution is -0.115. The third kappa shape index (κ3) is 4.87. The molecule has 7 heteroatoms. The number of carbonyl (C=O) groups is 1. The molecule has 0 heterocycles. The number of amides is 1. The maximum atomic E-state index is 13.0. The maximum Gasteiger partial charge on any atom is 0.241 e. The molecule has 23 heavy (non-hydrogen) atoms. The van der Waals surface area contributed by atoms with Gasteiger partial charge in [0.1, 0.15) is 5.82 Å². The lowest BCUT2D eigenvalue weighted by Gasteiger charge is -2.08. The molecule has 2 N–H and O–H groups in total. The van der Waals surface area contributed by atoms with Gasteiger partial charge in [-0.05, 0) is 42.3 Å². The third-order valence-electron chi connectivity index (χ3n) is 3.17. The summed E-state index contributed by atoms with van der Waals surface area (Å²) in [6.07, 6.45) is 0.809. The molecule has 0 unspecified atom stereocenters. The molecule has 0 saturated heterocycles. The van der Waals surface area contributed by atoms with Crippen LogP contribution >= 0.6 is 0 Å². The summed E-state index contributed by atoms with van der Waals surface area (Å²) in [5.41, 5.74) is 1.29. The summed E-state index contributed by atoms with van der Waals surface area (Å²) in [6, 6.07) is 11.8. The van der Waals surface area contributed by atoms with Gasteiger partial charge in [0, 0.05) is 5.69 Å². The first-order chi connectivity index (χ1) is 10.9. The van der Waals surface area contributed by atoms with Crippen LogP contribution in [0.15, 0.2) is 53.4 Å². The lowest BCUT2D eigenvalue weighted by Crippen LogP contribution is -2.32. The van der Waals surface area contributed by atoms with E-state index in [2.05, 4.69) is 10.0 Å². The molecular weight excluding hydrogens is 319 g/mol. The van der Waals surface area contributed by atoms with Crippen molar-refractivity contribution in [1.82, 2.24) is 4.72 Å². The molecule has 0 aliphatic rings. The van der Waals surface area contributed by atoms with Crippen molar-refractivity contribution in [2.75, 3.05) is 11.9 Å². The van der Waals surface area contributed by atoms with Gasteiger partial charge < -0.3 is 5.32 Å². The summed E-state index contributed by atoms with van der Waals surface area (Å²) in [4.78, 5) is 11.8. The number of hydrogen-bond donors (Lipinski definition) is 2. The highest BCUT2D eigenvalue weighted by atomic mass is 32.2. The zero-order valence-electron chi connectivity index (χ0n) is 12.5. The molecule has 0 aromatic heterocycles. The second-order valence-corrected chi connectivity index (χ2v) is 6.65. The van der Waals surface area contributed by atoms with E-state index in [1.54, 1.807) is 12.1 Å². The van der Waals surface area contributed by atoms with Gasteiger partial charge in [-0.15, -0.1) is 0 Å². The van der Waals surface area contributed by atoms with Crippen LogP contribution in [0.4, 0.5) is 10.1 Å². The summed E-state index contributed by atoms with van der Waals surface area (Å²) in [5, 5.41) is 2.42. The predicted molar refractivity (Wildman–Crippen MR) is 86.0 cm³/mol. The van der Waals surface area contributed by atoms with Crippen LogP contribution < -0.4 is 10.0 Å². The number of hydrogen-bond acceptors (Lipinski definition) is 3. The molecule has 2 aromatic rings. The van der Waals surface area contributed by atoms with Crippen molar-refractivity contribution in [2.24, 2.45) is 0 Å². The second kappa shape index (κ2) is 7.34. The fourth-order valence-corrected chi connectivity index (χ4v) is 2.90. The Kier molecular flexibility index (Phi) is 5.46. The van der Waals surface area contributed by atoms with Gasteiger partial charge in [0.25, 0.3) is 0 Å². The van der Waals surface area contributed by atoms with Crippen LogP contribution in [0.2, 0.25) is 0 Å². The minimum absolute atomic E-state index is 0.0910. The van der Waals surface area contributed by atoms with Gasteiger partial charge in [-0.3, -0.25) is 4.79 Å². The van der Waals surface area contributed by atoms with Crippen molar-refractivity contribution >= 4 is 21.6 Å². The predicted octanol–water partition coefficient (Wildman–Crippen LogP) is 2.31. The van der Waals surface area contributed by atoms with E-state index in [1.807, 2.05) is 6.92 Å². The van der Waals surface area contributed by atoms with Crippen LogP contribution in [-0.4, -0.2) is 20.9 Å². The number of halogens is 1. The van der Waals surface area contributed by atoms with E-state index in [1.165, 1.54) is 30.3 Å². The molecule has 0 aliphatic heterocycles. The number of rotatable bonds is 6. The van der Waals surface area contributed by atoms with Gasteiger partial charge in [0.2, 0.25) is 15.9 Å². The van der Waals surface area contributed by atoms with Crippen molar-refractivity contribution in [3.63, 3.8) is 0 Å². The van der Waals surface area contributed by atoms with Crippen molar-refractivity contribution in [3.05, 3.63) is 59.9 Å². The molecule has 5 nitrogen and oxygen atoms in total. The zero-order valence-corrected chi connectivity index (χ0v) is 13.4. The number of nitrogens with one attached hydrogen (secondary N) is 2. The third-order valence-corrected chi connectivity index (χ3v) is 4.59. The summed E-state index contributed by atoms with van der Waals surface area (Å²) < 4.78 is 39.4. The lowest BCUT2D eigenvalue weighted by atomic mass is 10.2. The smallest absolute Gasteiger partial charge is 0.241 e. The first kappa shape index (κ1) is 17.1. The van der Waals surface area contributed by atoms with Gasteiger partial charge in [0.05, 0.1) is 11.4 Å². The minimum Gasteiger partial charge on any atom is -0.325 e. The number of anilines is 1. The van der Waals surface area contributed by atoms with Gasteiger partial charge in [-0.2, -0.15) is 0 Å². The Balaban J connectivity index is 1.96. The highest BCUT2D eigenvalue weighted by molar-refractivity contribution is 7.89. The minimum atomic E-state index is -3.77. The topological polar surface area (TPSA) is 75.3 Å². The normalized spacial score (nSPS) is 11.2. The first-order valence-corrected chi connectivity index (χ1v) is 8.53. The summed E-state index contributed by atoms with van der Waals surface area (Å²) >= 11 is 0. The molecule has 0 fully saturated rings. The van der Waals surface area contributed by atoms with Crippen LogP contribution in [0.1, 0.15) is 12.5 Å². The van der Waals surface area contributed by atoms with Crippen LogP contribution in [0.3, 0.4) is 0 Å². The quantitative estimate of drug-likeness (QED) is 0.850. The van der Waals surface area contributed by atoms with Gasteiger partial charge in [-0.1, -0.05) is 25.1 Å². The molecule has 2 rings (SSSR count). The average Bonchev–Trinajstić information content (AvgIpc) is 2.53. The number of sulfonamides is 1. The Labute approximate surface area is 134 Å². The Bertz CT molecular complexity index is 789. The van der Waals surface area contributed by atoms with Crippen LogP contribution in [-0.2, 0) is 21.2 Å². The maximum absolute atomic E-state index is 13.0. The highest BCUT2D eigenvalue weighted by Gasteiger charge is 2.15. The van der Waals surface area contributed by atoms with Crippen molar-refractivity contribution in [3.8, 4) is 0 Å². The Morgan fingerprint density at radius 2 is 1.83 bits per heavy atom. The highest BCUT2D eigenvalue weighted by Crippen LogP contribution is 2.11. The van der Waals surface area contributed by atoms with Gasteiger partial charge in [0.15, 0.2) is 0 Å². The fourth-order valence-electron chi connectivity index (χ4n) is 1.92. The number of aryl methyl sites for hydroxylation is 1. The van der Waals surface area contributed by atoms with E-state index in [4.69, 9.17) is 0 Å². The Hall–Kier alpha value is -2.25.